The summed E-state index contributed by atoms with van der Waals surface area (Å²) in [6.45, 7) is 3.92. The normalized spacial score (nSPS) is 16.3. The van der Waals surface area contributed by atoms with Gasteiger partial charge >= 0.3 is 6.18 Å². The van der Waals surface area contributed by atoms with Gasteiger partial charge in [0, 0.05) is 30.9 Å². The van der Waals surface area contributed by atoms with Crippen molar-refractivity contribution in [2.45, 2.75) is 38.4 Å². The maximum atomic E-state index is 12.6. The van der Waals surface area contributed by atoms with Crippen molar-refractivity contribution in [3.05, 3.63) is 16.1 Å². The summed E-state index contributed by atoms with van der Waals surface area (Å²) in [6.07, 6.45) is -1.42. The minimum atomic E-state index is -4.37. The lowest BCUT2D eigenvalue weighted by molar-refractivity contribution is -0.140. The van der Waals surface area contributed by atoms with Crippen LogP contribution in [0.3, 0.4) is 0 Å². The van der Waals surface area contributed by atoms with E-state index in [0.29, 0.717) is 36.5 Å². The molecule has 2 N–H and O–H groups in total. The van der Waals surface area contributed by atoms with Gasteiger partial charge in [0.1, 0.15) is 0 Å². The van der Waals surface area contributed by atoms with Gasteiger partial charge in [0.2, 0.25) is 0 Å². The second kappa shape index (κ2) is 10.6. The first kappa shape index (κ1) is 23.4. The Bertz CT molecular complexity index is 570. The summed E-state index contributed by atoms with van der Waals surface area (Å²) in [5.74, 6) is 1.42. The zero-order chi connectivity index (χ0) is 18.4. The predicted molar refractivity (Wildman–Crippen MR) is 110 cm³/mol. The molecule has 1 atom stereocenters. The lowest BCUT2D eigenvalue weighted by Crippen LogP contribution is -2.40. The van der Waals surface area contributed by atoms with E-state index in [4.69, 9.17) is 0 Å². The molecule has 1 fully saturated rings. The van der Waals surface area contributed by atoms with E-state index in [2.05, 4.69) is 39.6 Å². The number of aromatic nitrogens is 1. The van der Waals surface area contributed by atoms with E-state index in [-0.39, 0.29) is 24.0 Å². The average Bonchev–Trinajstić information content (AvgIpc) is 3.22. The molecule has 0 bridgehead atoms. The van der Waals surface area contributed by atoms with Gasteiger partial charge in [-0.3, -0.25) is 4.99 Å². The summed E-state index contributed by atoms with van der Waals surface area (Å²) in [7, 11) is 4.14. The summed E-state index contributed by atoms with van der Waals surface area (Å²) in [5.41, 5.74) is -0.814. The van der Waals surface area contributed by atoms with Gasteiger partial charge in [-0.05, 0) is 39.8 Å². The van der Waals surface area contributed by atoms with Gasteiger partial charge in [-0.15, -0.1) is 35.3 Å². The molecule has 26 heavy (non-hydrogen) atoms. The van der Waals surface area contributed by atoms with Gasteiger partial charge in [0.25, 0.3) is 0 Å². The maximum Gasteiger partial charge on any atom is 0.434 e. The topological polar surface area (TPSA) is 52.6 Å². The molecule has 2 rings (SSSR count). The van der Waals surface area contributed by atoms with Crippen LogP contribution in [0.4, 0.5) is 13.2 Å². The van der Waals surface area contributed by atoms with E-state index in [1.807, 2.05) is 6.92 Å². The molecule has 0 saturated heterocycles. The van der Waals surface area contributed by atoms with E-state index >= 15 is 0 Å². The average molecular weight is 505 g/mol. The van der Waals surface area contributed by atoms with Crippen LogP contribution < -0.4 is 10.6 Å². The third-order valence-corrected chi connectivity index (χ3v) is 4.99. The SMILES string of the molecule is CCNC(=NCC(C1CC1)N(C)C)NCCc1nc(C(F)(F)F)cs1.I. The van der Waals surface area contributed by atoms with Crippen LogP contribution in [0.2, 0.25) is 0 Å². The molecular weight excluding hydrogens is 478 g/mol. The summed E-state index contributed by atoms with van der Waals surface area (Å²) < 4.78 is 37.7. The summed E-state index contributed by atoms with van der Waals surface area (Å²) in [5, 5.41) is 7.89. The fourth-order valence-corrected chi connectivity index (χ4v) is 3.39. The number of alkyl halides is 3. The highest BCUT2D eigenvalue weighted by atomic mass is 127. The van der Waals surface area contributed by atoms with Crippen molar-refractivity contribution in [2.75, 3.05) is 33.7 Å². The van der Waals surface area contributed by atoms with Crippen molar-refractivity contribution in [2.24, 2.45) is 10.9 Å². The second-order valence-corrected chi connectivity index (χ2v) is 7.33. The molecule has 1 aromatic heterocycles. The standard InChI is InChI=1S/C16H26F3N5S.HI/c1-4-20-15(22-9-12(24(2)3)11-5-6-11)21-8-7-14-23-13(10-25-14)16(17,18)19;/h10-12H,4-9H2,1-3H3,(H2,20,21,22);1H. The molecule has 1 heterocycles. The molecule has 10 heteroatoms. The van der Waals surface area contributed by atoms with Gasteiger partial charge < -0.3 is 15.5 Å². The zero-order valence-corrected chi connectivity index (χ0v) is 18.4. The number of nitrogens with zero attached hydrogens (tertiary/aromatic N) is 3. The van der Waals surface area contributed by atoms with Crippen molar-refractivity contribution in [1.29, 1.82) is 0 Å². The fourth-order valence-electron chi connectivity index (χ4n) is 2.59. The van der Waals surface area contributed by atoms with Crippen LogP contribution in [0.15, 0.2) is 10.4 Å². The number of guanidine groups is 1. The van der Waals surface area contributed by atoms with E-state index in [9.17, 15) is 13.2 Å². The van der Waals surface area contributed by atoms with E-state index in [1.165, 1.54) is 12.8 Å². The maximum absolute atomic E-state index is 12.6. The third-order valence-electron chi connectivity index (χ3n) is 4.08. The highest BCUT2D eigenvalue weighted by molar-refractivity contribution is 14.0. The Labute approximate surface area is 173 Å². The second-order valence-electron chi connectivity index (χ2n) is 6.39. The molecule has 1 aliphatic rings. The lowest BCUT2D eigenvalue weighted by Gasteiger charge is -2.22. The predicted octanol–water partition coefficient (Wildman–Crippen LogP) is 3.22. The van der Waals surface area contributed by atoms with Crippen LogP contribution in [0.25, 0.3) is 0 Å². The summed E-state index contributed by atoms with van der Waals surface area (Å²) in [6, 6.07) is 0.434. The van der Waals surface area contributed by atoms with Gasteiger partial charge in [0.05, 0.1) is 11.6 Å². The highest BCUT2D eigenvalue weighted by Gasteiger charge is 2.34. The molecule has 0 radical (unpaired) electrons. The summed E-state index contributed by atoms with van der Waals surface area (Å²) >= 11 is 1.04. The Morgan fingerprint density at radius 2 is 2.08 bits per heavy atom. The largest absolute Gasteiger partial charge is 0.434 e. The fraction of sp³-hybridized carbons (Fsp3) is 0.750. The van der Waals surface area contributed by atoms with Crippen molar-refractivity contribution in [3.63, 3.8) is 0 Å². The molecule has 1 aliphatic carbocycles. The van der Waals surface area contributed by atoms with Crippen molar-refractivity contribution >= 4 is 41.3 Å². The number of thiazole rings is 1. The van der Waals surface area contributed by atoms with Gasteiger partial charge in [-0.1, -0.05) is 0 Å². The molecule has 150 valence electrons. The van der Waals surface area contributed by atoms with Crippen LogP contribution in [0.5, 0.6) is 0 Å². The van der Waals surface area contributed by atoms with Crippen LogP contribution in [0.1, 0.15) is 30.5 Å². The smallest absolute Gasteiger partial charge is 0.357 e. The Morgan fingerprint density at radius 1 is 1.38 bits per heavy atom. The number of likely N-dealkylation sites (N-methyl/N-ethyl adjacent to an activating group) is 1. The quantitative estimate of drug-likeness (QED) is 0.324. The number of hydrogen-bond donors (Lipinski definition) is 2. The van der Waals surface area contributed by atoms with Gasteiger partial charge in [-0.25, -0.2) is 4.98 Å². The third kappa shape index (κ3) is 7.55. The molecule has 1 saturated carbocycles. The minimum absolute atomic E-state index is 0. The lowest BCUT2D eigenvalue weighted by atomic mass is 10.2. The Balaban J connectivity index is 0.00000338. The van der Waals surface area contributed by atoms with E-state index < -0.39 is 11.9 Å². The number of halogens is 4. The first-order valence-corrected chi connectivity index (χ1v) is 9.39. The van der Waals surface area contributed by atoms with Crippen molar-refractivity contribution in [3.8, 4) is 0 Å². The number of aliphatic imine (C=N–C) groups is 1. The van der Waals surface area contributed by atoms with E-state index in [0.717, 1.165) is 29.2 Å². The zero-order valence-electron chi connectivity index (χ0n) is 15.3. The van der Waals surface area contributed by atoms with Crippen LogP contribution in [-0.2, 0) is 12.6 Å². The van der Waals surface area contributed by atoms with Crippen molar-refractivity contribution < 1.29 is 13.2 Å². The minimum Gasteiger partial charge on any atom is -0.357 e. The van der Waals surface area contributed by atoms with Crippen molar-refractivity contribution in [1.82, 2.24) is 20.5 Å². The first-order valence-electron chi connectivity index (χ1n) is 8.51. The molecule has 0 spiro atoms. The molecule has 5 nitrogen and oxygen atoms in total. The van der Waals surface area contributed by atoms with Crippen LogP contribution >= 0.6 is 35.3 Å². The van der Waals surface area contributed by atoms with Gasteiger partial charge in [-0.2, -0.15) is 13.2 Å². The highest BCUT2D eigenvalue weighted by Crippen LogP contribution is 2.34. The Morgan fingerprint density at radius 3 is 2.58 bits per heavy atom. The van der Waals surface area contributed by atoms with Crippen LogP contribution in [0, 0.1) is 5.92 Å². The number of rotatable bonds is 8. The van der Waals surface area contributed by atoms with Gasteiger partial charge in [0.15, 0.2) is 11.7 Å². The van der Waals surface area contributed by atoms with E-state index in [1.54, 1.807) is 0 Å². The van der Waals surface area contributed by atoms with Crippen LogP contribution in [-0.4, -0.2) is 55.6 Å². The molecule has 0 aliphatic heterocycles. The number of hydrogen-bond acceptors (Lipinski definition) is 4. The number of nitrogens with one attached hydrogen (secondary N) is 2. The molecule has 1 aromatic rings. The molecule has 0 aromatic carbocycles. The molecule has 1 unspecified atom stereocenters. The Hall–Kier alpha value is -0.620. The summed E-state index contributed by atoms with van der Waals surface area (Å²) in [4.78, 5) is 10.5. The monoisotopic (exact) mass is 505 g/mol. The molecular formula is C16H27F3IN5S. The molecule has 0 amide bonds. The first-order chi connectivity index (χ1) is 11.8. The Kier molecular flexibility index (Phi) is 9.59.